The second-order valence-corrected chi connectivity index (χ2v) is 8.47. The third-order valence-electron chi connectivity index (χ3n) is 6.10. The van der Waals surface area contributed by atoms with Gasteiger partial charge in [0, 0.05) is 0 Å². The van der Waals surface area contributed by atoms with E-state index in [0.29, 0.717) is 0 Å². The molecular formula is C30H25N5O2. The standard InChI is InChI=1S/C30H25N5O2/c36-35(37)28-29(33-26(22-13-5-1-6-14-22)23-15-7-2-8-16-23)31-21-32-30(28)34-27(24-17-9-3-10-18-24)25-19-11-4-12-20-25/h1-21,26-27H,(H2,31,32,33,34). The molecule has 0 unspecified atom stereocenters. The Balaban J connectivity index is 1.56. The number of nitrogens with zero attached hydrogens (tertiary/aromatic N) is 3. The molecule has 1 heterocycles. The number of nitrogens with one attached hydrogen (secondary N) is 2. The van der Waals surface area contributed by atoms with Crippen molar-refractivity contribution in [1.82, 2.24) is 9.97 Å². The van der Waals surface area contributed by atoms with Crippen molar-refractivity contribution >= 4 is 17.3 Å². The molecule has 0 aliphatic carbocycles. The quantitative estimate of drug-likeness (QED) is 0.176. The van der Waals surface area contributed by atoms with E-state index in [1.165, 1.54) is 6.33 Å². The smallest absolute Gasteiger partial charge is 0.353 e. The molecule has 0 saturated carbocycles. The van der Waals surface area contributed by atoms with Gasteiger partial charge in [-0.3, -0.25) is 10.1 Å². The first kappa shape index (κ1) is 23.7. The molecule has 4 aromatic carbocycles. The number of aromatic nitrogens is 2. The molecule has 0 fully saturated rings. The van der Waals surface area contributed by atoms with Crippen LogP contribution >= 0.6 is 0 Å². The van der Waals surface area contributed by atoms with Gasteiger partial charge in [0.25, 0.3) is 0 Å². The molecule has 0 radical (unpaired) electrons. The van der Waals surface area contributed by atoms with E-state index in [2.05, 4.69) is 20.6 Å². The summed E-state index contributed by atoms with van der Waals surface area (Å²) < 4.78 is 0. The van der Waals surface area contributed by atoms with Crippen LogP contribution in [0.3, 0.4) is 0 Å². The predicted molar refractivity (Wildman–Crippen MR) is 145 cm³/mol. The van der Waals surface area contributed by atoms with Crippen molar-refractivity contribution in [3.63, 3.8) is 0 Å². The summed E-state index contributed by atoms with van der Waals surface area (Å²) in [5, 5.41) is 19.0. The van der Waals surface area contributed by atoms with Crippen LogP contribution in [-0.4, -0.2) is 14.9 Å². The lowest BCUT2D eigenvalue weighted by atomic mass is 9.98. The Labute approximate surface area is 215 Å². The van der Waals surface area contributed by atoms with Crippen LogP contribution in [-0.2, 0) is 0 Å². The summed E-state index contributed by atoms with van der Waals surface area (Å²) in [6.07, 6.45) is 1.34. The van der Waals surface area contributed by atoms with Crippen molar-refractivity contribution in [2.45, 2.75) is 12.1 Å². The molecule has 0 spiro atoms. The molecule has 1 aromatic heterocycles. The number of benzene rings is 4. The first-order valence-corrected chi connectivity index (χ1v) is 11.9. The summed E-state index contributed by atoms with van der Waals surface area (Å²) >= 11 is 0. The van der Waals surface area contributed by atoms with Crippen molar-refractivity contribution < 1.29 is 4.92 Å². The molecule has 7 nitrogen and oxygen atoms in total. The van der Waals surface area contributed by atoms with E-state index < -0.39 is 4.92 Å². The number of hydrogen-bond acceptors (Lipinski definition) is 6. The number of anilines is 2. The Morgan fingerprint density at radius 1 is 0.541 bits per heavy atom. The minimum absolute atomic E-state index is 0.139. The Morgan fingerprint density at radius 2 is 0.838 bits per heavy atom. The second kappa shape index (κ2) is 11.1. The Kier molecular flexibility index (Phi) is 7.13. The fourth-order valence-electron chi connectivity index (χ4n) is 4.34. The molecule has 0 amide bonds. The monoisotopic (exact) mass is 487 g/mol. The summed E-state index contributed by atoms with van der Waals surface area (Å²) in [6.45, 7) is 0. The maximum Gasteiger partial charge on any atom is 0.353 e. The molecule has 182 valence electrons. The highest BCUT2D eigenvalue weighted by Crippen LogP contribution is 2.36. The predicted octanol–water partition coefficient (Wildman–Crippen LogP) is 6.79. The van der Waals surface area contributed by atoms with Crippen molar-refractivity contribution in [3.05, 3.63) is 160 Å². The van der Waals surface area contributed by atoms with Crippen molar-refractivity contribution in [3.8, 4) is 0 Å². The van der Waals surface area contributed by atoms with Gasteiger partial charge in [-0.05, 0) is 22.3 Å². The van der Waals surface area contributed by atoms with Crippen molar-refractivity contribution in [2.75, 3.05) is 10.6 Å². The highest BCUT2D eigenvalue weighted by atomic mass is 16.6. The van der Waals surface area contributed by atoms with E-state index in [4.69, 9.17) is 0 Å². The molecule has 0 saturated heterocycles. The van der Waals surface area contributed by atoms with Crippen LogP contribution in [0.4, 0.5) is 17.3 Å². The molecule has 2 N–H and O–H groups in total. The zero-order valence-electron chi connectivity index (χ0n) is 19.9. The zero-order chi connectivity index (χ0) is 25.5. The lowest BCUT2D eigenvalue weighted by Gasteiger charge is -2.22. The average molecular weight is 488 g/mol. The normalized spacial score (nSPS) is 10.9. The Morgan fingerprint density at radius 3 is 1.11 bits per heavy atom. The first-order chi connectivity index (χ1) is 18.2. The van der Waals surface area contributed by atoms with E-state index in [9.17, 15) is 10.1 Å². The lowest BCUT2D eigenvalue weighted by molar-refractivity contribution is -0.383. The molecule has 0 aliphatic heterocycles. The van der Waals surface area contributed by atoms with Crippen LogP contribution in [0.1, 0.15) is 34.3 Å². The minimum Gasteiger partial charge on any atom is -0.353 e. The average Bonchev–Trinajstić information content (AvgIpc) is 2.96. The second-order valence-electron chi connectivity index (χ2n) is 8.47. The van der Waals surface area contributed by atoms with Gasteiger partial charge in [0.2, 0.25) is 11.6 Å². The van der Waals surface area contributed by atoms with Gasteiger partial charge < -0.3 is 10.6 Å². The molecule has 7 heteroatoms. The first-order valence-electron chi connectivity index (χ1n) is 11.9. The number of nitro groups is 1. The van der Waals surface area contributed by atoms with Gasteiger partial charge in [-0.2, -0.15) is 0 Å². The topological polar surface area (TPSA) is 93.0 Å². The van der Waals surface area contributed by atoms with Crippen molar-refractivity contribution in [2.24, 2.45) is 0 Å². The molecule has 0 atom stereocenters. The van der Waals surface area contributed by atoms with E-state index >= 15 is 0 Å². The van der Waals surface area contributed by atoms with E-state index in [0.717, 1.165) is 22.3 Å². The molecule has 5 rings (SSSR count). The van der Waals surface area contributed by atoms with Gasteiger partial charge in [0.1, 0.15) is 6.33 Å². The molecule has 5 aromatic rings. The van der Waals surface area contributed by atoms with Gasteiger partial charge in [0.05, 0.1) is 17.0 Å². The van der Waals surface area contributed by atoms with E-state index in [1.807, 2.05) is 121 Å². The third-order valence-corrected chi connectivity index (χ3v) is 6.10. The highest BCUT2D eigenvalue weighted by Gasteiger charge is 2.28. The van der Waals surface area contributed by atoms with Gasteiger partial charge in [-0.15, -0.1) is 0 Å². The molecular weight excluding hydrogens is 462 g/mol. The van der Waals surface area contributed by atoms with Crippen LogP contribution in [0.5, 0.6) is 0 Å². The number of hydrogen-bond donors (Lipinski definition) is 2. The van der Waals surface area contributed by atoms with Crippen LogP contribution in [0.15, 0.2) is 128 Å². The van der Waals surface area contributed by atoms with Gasteiger partial charge in [0.15, 0.2) is 0 Å². The van der Waals surface area contributed by atoms with E-state index in [-0.39, 0.29) is 29.4 Å². The van der Waals surface area contributed by atoms with Gasteiger partial charge >= 0.3 is 5.69 Å². The lowest BCUT2D eigenvalue weighted by Crippen LogP contribution is -2.18. The number of rotatable bonds is 9. The summed E-state index contributed by atoms with van der Waals surface area (Å²) in [6, 6.07) is 38.5. The zero-order valence-corrected chi connectivity index (χ0v) is 19.9. The maximum atomic E-state index is 12.4. The fraction of sp³-hybridized carbons (Fsp3) is 0.0667. The molecule has 37 heavy (non-hydrogen) atoms. The van der Waals surface area contributed by atoms with Crippen LogP contribution in [0, 0.1) is 10.1 Å². The summed E-state index contributed by atoms with van der Waals surface area (Å²) in [4.78, 5) is 20.6. The van der Waals surface area contributed by atoms with Gasteiger partial charge in [-0.25, -0.2) is 9.97 Å². The van der Waals surface area contributed by atoms with Crippen LogP contribution in [0.2, 0.25) is 0 Å². The third kappa shape index (κ3) is 5.46. The molecule has 0 bridgehead atoms. The minimum atomic E-state index is -0.440. The van der Waals surface area contributed by atoms with Crippen molar-refractivity contribution in [1.29, 1.82) is 0 Å². The van der Waals surface area contributed by atoms with Crippen LogP contribution < -0.4 is 10.6 Å². The Hall–Kier alpha value is -5.04. The summed E-state index contributed by atoms with van der Waals surface area (Å²) in [7, 11) is 0. The maximum absolute atomic E-state index is 12.4. The molecule has 0 aliphatic rings. The van der Waals surface area contributed by atoms with Crippen LogP contribution in [0.25, 0.3) is 0 Å². The Bertz CT molecular complexity index is 1270. The summed E-state index contributed by atoms with van der Waals surface area (Å²) in [5.41, 5.74) is 3.63. The summed E-state index contributed by atoms with van der Waals surface area (Å²) in [5.74, 6) is 0.278. The largest absolute Gasteiger partial charge is 0.353 e. The fourth-order valence-corrected chi connectivity index (χ4v) is 4.34. The highest BCUT2D eigenvalue weighted by molar-refractivity contribution is 5.71. The van der Waals surface area contributed by atoms with E-state index in [1.54, 1.807) is 0 Å². The SMILES string of the molecule is O=[N+]([O-])c1c(NC(c2ccccc2)c2ccccc2)ncnc1NC(c1ccccc1)c1ccccc1. The van der Waals surface area contributed by atoms with Gasteiger partial charge in [-0.1, -0.05) is 121 Å².